The Kier molecular flexibility index (Phi) is 9.98. The van der Waals surface area contributed by atoms with Crippen molar-refractivity contribution < 1.29 is 14.4 Å². The molecule has 208 valence electrons. The number of morpholine rings is 1. The number of hydrogen-bond acceptors (Lipinski definition) is 6. The second-order valence-electron chi connectivity index (χ2n) is 10.5. The molecule has 1 heterocycles. The molecule has 7 nitrogen and oxygen atoms in total. The fourth-order valence-corrected chi connectivity index (χ4v) is 4.97. The molecule has 1 amide bonds. The first-order valence-corrected chi connectivity index (χ1v) is 13.9. The number of amides is 1. The number of anilines is 4. The van der Waals surface area contributed by atoms with Crippen molar-refractivity contribution in [3.63, 3.8) is 0 Å². The van der Waals surface area contributed by atoms with E-state index < -0.39 is 0 Å². The first kappa shape index (κ1) is 28.6. The number of carbonyl (C=O) groups excluding carboxylic acids is 1. The van der Waals surface area contributed by atoms with Crippen LogP contribution >= 0.6 is 0 Å². The topological polar surface area (TPSA) is 57.3 Å². The summed E-state index contributed by atoms with van der Waals surface area (Å²) >= 11 is 0. The minimum atomic E-state index is -0.158. The minimum Gasteiger partial charge on any atom is -0.378 e. The Balaban J connectivity index is 1.54. The number of ether oxygens (including phenoxy) is 1. The van der Waals surface area contributed by atoms with Gasteiger partial charge in [-0.15, -0.1) is 0 Å². The third-order valence-electron chi connectivity index (χ3n) is 7.06. The molecule has 1 saturated heterocycles. The van der Waals surface area contributed by atoms with E-state index in [9.17, 15) is 4.79 Å². The van der Waals surface area contributed by atoms with Gasteiger partial charge in [-0.05, 0) is 82.6 Å². The number of nitrogens with one attached hydrogen (secondary N) is 1. The Labute approximate surface area is 233 Å². The van der Waals surface area contributed by atoms with Crippen molar-refractivity contribution in [1.82, 2.24) is 4.90 Å². The zero-order chi connectivity index (χ0) is 27.8. The molecular formula is C32H42N4O3. The largest absolute Gasteiger partial charge is 0.378 e. The quantitative estimate of drug-likeness (QED) is 0.295. The fourth-order valence-electron chi connectivity index (χ4n) is 4.97. The molecule has 39 heavy (non-hydrogen) atoms. The van der Waals surface area contributed by atoms with E-state index >= 15 is 0 Å². The predicted molar refractivity (Wildman–Crippen MR) is 160 cm³/mol. The molecule has 0 radical (unpaired) electrons. The van der Waals surface area contributed by atoms with Gasteiger partial charge in [0.2, 0.25) is 0 Å². The van der Waals surface area contributed by atoms with Crippen LogP contribution in [0.3, 0.4) is 0 Å². The maximum atomic E-state index is 13.4. The van der Waals surface area contributed by atoms with Crippen molar-refractivity contribution in [1.29, 1.82) is 0 Å². The summed E-state index contributed by atoms with van der Waals surface area (Å²) in [5, 5.41) is 4.93. The number of aryl methyl sites for hydroxylation is 1. The summed E-state index contributed by atoms with van der Waals surface area (Å²) in [6, 6.07) is 24.6. The van der Waals surface area contributed by atoms with Gasteiger partial charge in [-0.25, -0.2) is 5.06 Å². The van der Waals surface area contributed by atoms with E-state index in [4.69, 9.17) is 9.57 Å². The van der Waals surface area contributed by atoms with Crippen molar-refractivity contribution in [3.05, 3.63) is 83.9 Å². The molecule has 1 N–H and O–H groups in total. The zero-order valence-electron chi connectivity index (χ0n) is 23.9. The zero-order valence-corrected chi connectivity index (χ0v) is 23.9. The van der Waals surface area contributed by atoms with Crippen LogP contribution in [0.4, 0.5) is 22.7 Å². The van der Waals surface area contributed by atoms with Crippen LogP contribution in [0.5, 0.6) is 0 Å². The van der Waals surface area contributed by atoms with Crippen LogP contribution in [0.25, 0.3) is 0 Å². The van der Waals surface area contributed by atoms with E-state index in [1.54, 1.807) is 0 Å². The number of hydrogen-bond donors (Lipinski definition) is 1. The summed E-state index contributed by atoms with van der Waals surface area (Å²) in [7, 11) is 0. The molecule has 1 aliphatic rings. The molecule has 0 aliphatic carbocycles. The van der Waals surface area contributed by atoms with Crippen LogP contribution in [0, 0.1) is 6.92 Å². The number of rotatable bonds is 11. The van der Waals surface area contributed by atoms with Gasteiger partial charge in [0.15, 0.2) is 0 Å². The molecule has 0 atom stereocenters. The summed E-state index contributed by atoms with van der Waals surface area (Å²) in [5.74, 6) is -0.158. The second-order valence-corrected chi connectivity index (χ2v) is 10.5. The molecule has 0 bridgehead atoms. The van der Waals surface area contributed by atoms with Crippen molar-refractivity contribution in [2.45, 2.75) is 46.7 Å². The SMILES string of the molecule is Cc1ccc(C(=O)Nc2cccc(N3CCOCC3)c2)cc1N(OCCN(C(C)C)C(C)C)c1ccccc1. The molecule has 0 saturated carbocycles. The fraction of sp³-hybridized carbons (Fsp3) is 0.406. The van der Waals surface area contributed by atoms with E-state index in [0.717, 1.165) is 61.2 Å². The van der Waals surface area contributed by atoms with E-state index in [1.165, 1.54) is 0 Å². The summed E-state index contributed by atoms with van der Waals surface area (Å²) in [6.45, 7) is 15.3. The molecule has 3 aromatic carbocycles. The Morgan fingerprint density at radius 1 is 0.949 bits per heavy atom. The van der Waals surface area contributed by atoms with Crippen LogP contribution in [0.1, 0.15) is 43.6 Å². The molecule has 7 heteroatoms. The average Bonchev–Trinajstić information content (AvgIpc) is 2.94. The van der Waals surface area contributed by atoms with E-state index in [-0.39, 0.29) is 5.91 Å². The molecule has 3 aromatic rings. The highest BCUT2D eigenvalue weighted by Crippen LogP contribution is 2.30. The van der Waals surface area contributed by atoms with E-state index in [2.05, 4.69) is 48.9 Å². The first-order valence-electron chi connectivity index (χ1n) is 13.9. The number of carbonyl (C=O) groups is 1. The number of para-hydroxylation sites is 1. The Hall–Kier alpha value is -3.39. The van der Waals surface area contributed by atoms with Crippen molar-refractivity contribution in [3.8, 4) is 0 Å². The molecule has 0 spiro atoms. The van der Waals surface area contributed by atoms with Gasteiger partial charge in [-0.2, -0.15) is 0 Å². The average molecular weight is 531 g/mol. The lowest BCUT2D eigenvalue weighted by molar-refractivity contribution is 0.0786. The van der Waals surface area contributed by atoms with Crippen molar-refractivity contribution in [2.75, 3.05) is 54.7 Å². The smallest absolute Gasteiger partial charge is 0.255 e. The summed E-state index contributed by atoms with van der Waals surface area (Å²) < 4.78 is 5.47. The van der Waals surface area contributed by atoms with Crippen LogP contribution < -0.4 is 15.3 Å². The van der Waals surface area contributed by atoms with Crippen molar-refractivity contribution >= 4 is 28.7 Å². The van der Waals surface area contributed by atoms with Gasteiger partial charge in [0.25, 0.3) is 5.91 Å². The molecule has 4 rings (SSSR count). The lowest BCUT2D eigenvalue weighted by Crippen LogP contribution is -2.40. The summed E-state index contributed by atoms with van der Waals surface area (Å²) in [6.07, 6.45) is 0. The Bertz CT molecular complexity index is 1200. The third-order valence-corrected chi connectivity index (χ3v) is 7.06. The first-order chi connectivity index (χ1) is 18.8. The van der Waals surface area contributed by atoms with Gasteiger partial charge in [0.05, 0.1) is 31.2 Å². The van der Waals surface area contributed by atoms with Crippen LogP contribution in [0.2, 0.25) is 0 Å². The molecule has 1 fully saturated rings. The van der Waals surface area contributed by atoms with Crippen LogP contribution in [-0.4, -0.2) is 62.3 Å². The molecule has 0 unspecified atom stereocenters. The van der Waals surface area contributed by atoms with Gasteiger partial charge in [0.1, 0.15) is 0 Å². The highest BCUT2D eigenvalue weighted by Gasteiger charge is 2.19. The van der Waals surface area contributed by atoms with Crippen molar-refractivity contribution in [2.24, 2.45) is 0 Å². The van der Waals surface area contributed by atoms with Gasteiger partial charge in [-0.1, -0.05) is 30.3 Å². The number of nitrogens with zero attached hydrogens (tertiary/aromatic N) is 3. The maximum Gasteiger partial charge on any atom is 0.255 e. The van der Waals surface area contributed by atoms with Gasteiger partial charge >= 0.3 is 0 Å². The number of benzene rings is 3. The van der Waals surface area contributed by atoms with Gasteiger partial charge in [0, 0.05) is 48.7 Å². The molecule has 1 aliphatic heterocycles. The highest BCUT2D eigenvalue weighted by molar-refractivity contribution is 6.05. The standard InChI is InChI=1S/C32H42N4O3/c1-24(2)35(25(3)4)18-21-39-36(29-11-7-6-8-12-29)31-22-27(15-14-26(31)5)32(37)33-28-10-9-13-30(23-28)34-16-19-38-20-17-34/h6-15,22-25H,16-21H2,1-5H3,(H,33,37). The normalized spacial score (nSPS) is 13.8. The van der Waals surface area contributed by atoms with E-state index in [0.29, 0.717) is 24.3 Å². The lowest BCUT2D eigenvalue weighted by atomic mass is 10.1. The van der Waals surface area contributed by atoms with Gasteiger partial charge in [-0.3, -0.25) is 14.5 Å². The monoisotopic (exact) mass is 530 g/mol. The third kappa shape index (κ3) is 7.60. The Morgan fingerprint density at radius 2 is 1.67 bits per heavy atom. The Morgan fingerprint density at radius 3 is 2.36 bits per heavy atom. The maximum absolute atomic E-state index is 13.4. The van der Waals surface area contributed by atoms with E-state index in [1.807, 2.05) is 78.7 Å². The van der Waals surface area contributed by atoms with Gasteiger partial charge < -0.3 is 15.0 Å². The second kappa shape index (κ2) is 13.6. The molecular weight excluding hydrogens is 488 g/mol. The lowest BCUT2D eigenvalue weighted by Gasteiger charge is -2.32. The highest BCUT2D eigenvalue weighted by atomic mass is 16.7. The summed E-state index contributed by atoms with van der Waals surface area (Å²) in [5.41, 5.74) is 5.21. The minimum absolute atomic E-state index is 0.158. The van der Waals surface area contributed by atoms with Crippen LogP contribution in [0.15, 0.2) is 72.8 Å². The molecule has 0 aromatic heterocycles. The van der Waals surface area contributed by atoms with Crippen LogP contribution in [-0.2, 0) is 9.57 Å². The summed E-state index contributed by atoms with van der Waals surface area (Å²) in [4.78, 5) is 24.5. The predicted octanol–water partition coefficient (Wildman–Crippen LogP) is 6.27.